The fraction of sp³-hybridized carbons (Fsp3) is 0.667. The molecule has 62 valence electrons. The number of hydrogen-bond acceptors (Lipinski definition) is 1. The van der Waals surface area contributed by atoms with E-state index in [4.69, 9.17) is 6.42 Å². The van der Waals surface area contributed by atoms with Gasteiger partial charge in [-0.15, -0.1) is 12.3 Å². The Morgan fingerprint density at radius 1 is 1.73 bits per heavy atom. The fourth-order valence-electron chi connectivity index (χ4n) is 1.03. The van der Waals surface area contributed by atoms with Gasteiger partial charge in [-0.2, -0.15) is 0 Å². The lowest BCUT2D eigenvalue weighted by molar-refractivity contribution is -0.124. The maximum atomic E-state index is 11.1. The van der Waals surface area contributed by atoms with Crippen LogP contribution in [-0.4, -0.2) is 13.0 Å². The molecule has 0 fully saturated rings. The van der Waals surface area contributed by atoms with Crippen molar-refractivity contribution < 1.29 is 4.79 Å². The number of terminal acetylenes is 1. The maximum absolute atomic E-state index is 11.1. The Morgan fingerprint density at radius 3 is 2.55 bits per heavy atom. The van der Waals surface area contributed by atoms with Gasteiger partial charge >= 0.3 is 0 Å². The van der Waals surface area contributed by atoms with Gasteiger partial charge in [0.15, 0.2) is 0 Å². The van der Waals surface area contributed by atoms with Crippen LogP contribution in [0.3, 0.4) is 0 Å². The number of hydrogen-bond donors (Lipinski definition) is 1. The molecule has 0 saturated heterocycles. The molecule has 0 aromatic heterocycles. The van der Waals surface area contributed by atoms with Crippen LogP contribution in [0.2, 0.25) is 0 Å². The summed E-state index contributed by atoms with van der Waals surface area (Å²) >= 11 is 0. The van der Waals surface area contributed by atoms with Crippen LogP contribution in [0.1, 0.15) is 20.3 Å². The minimum Gasteiger partial charge on any atom is -0.359 e. The smallest absolute Gasteiger partial charge is 0.223 e. The van der Waals surface area contributed by atoms with Gasteiger partial charge in [-0.1, -0.05) is 13.8 Å². The molecule has 1 amide bonds. The number of carbonyl (C=O) groups excluding carboxylic acids is 1. The monoisotopic (exact) mass is 153 g/mol. The summed E-state index contributed by atoms with van der Waals surface area (Å²) in [5.74, 6) is 2.62. The van der Waals surface area contributed by atoms with Gasteiger partial charge in [0.2, 0.25) is 5.91 Å². The zero-order chi connectivity index (χ0) is 8.85. The number of amides is 1. The zero-order valence-electron chi connectivity index (χ0n) is 7.35. The molecule has 2 atom stereocenters. The van der Waals surface area contributed by atoms with Crippen molar-refractivity contribution in [1.82, 2.24) is 5.32 Å². The molecule has 0 spiro atoms. The predicted octanol–water partition coefficient (Wildman–Crippen LogP) is 1.03. The molecule has 0 radical (unpaired) electrons. The van der Waals surface area contributed by atoms with Gasteiger partial charge in [0.25, 0.3) is 0 Å². The van der Waals surface area contributed by atoms with Crippen LogP contribution >= 0.6 is 0 Å². The highest BCUT2D eigenvalue weighted by Crippen LogP contribution is 2.13. The van der Waals surface area contributed by atoms with E-state index >= 15 is 0 Å². The van der Waals surface area contributed by atoms with Crippen LogP contribution in [-0.2, 0) is 4.79 Å². The highest BCUT2D eigenvalue weighted by molar-refractivity contribution is 5.78. The Labute approximate surface area is 68.4 Å². The van der Waals surface area contributed by atoms with Crippen LogP contribution in [0.4, 0.5) is 0 Å². The van der Waals surface area contributed by atoms with Crippen molar-refractivity contribution in [1.29, 1.82) is 0 Å². The van der Waals surface area contributed by atoms with Gasteiger partial charge in [0.1, 0.15) is 0 Å². The zero-order valence-corrected chi connectivity index (χ0v) is 7.35. The van der Waals surface area contributed by atoms with E-state index in [1.54, 1.807) is 7.05 Å². The molecule has 0 aliphatic rings. The molecule has 0 heterocycles. The Bertz CT molecular complexity index is 169. The summed E-state index contributed by atoms with van der Waals surface area (Å²) < 4.78 is 0. The molecule has 0 aliphatic heterocycles. The summed E-state index contributed by atoms with van der Waals surface area (Å²) in [5.41, 5.74) is 0. The third-order valence-electron chi connectivity index (χ3n) is 1.92. The standard InChI is InChI=1S/C9H15NO/c1-5-8(6-2)7(3)9(11)10-4/h1,7-8H,6H2,2-4H3,(H,10,11)/t7?,8-/m0/s1. The van der Waals surface area contributed by atoms with E-state index in [-0.39, 0.29) is 17.7 Å². The number of rotatable bonds is 3. The lowest BCUT2D eigenvalue weighted by atomic mass is 9.92. The van der Waals surface area contributed by atoms with Gasteiger partial charge in [0.05, 0.1) is 0 Å². The summed E-state index contributed by atoms with van der Waals surface area (Å²) in [6, 6.07) is 0. The average molecular weight is 153 g/mol. The van der Waals surface area contributed by atoms with Crippen molar-refractivity contribution >= 4 is 5.91 Å². The summed E-state index contributed by atoms with van der Waals surface area (Å²) in [6.07, 6.45) is 6.10. The van der Waals surface area contributed by atoms with Crippen molar-refractivity contribution in [2.24, 2.45) is 11.8 Å². The molecule has 1 unspecified atom stereocenters. The van der Waals surface area contributed by atoms with Gasteiger partial charge in [-0.25, -0.2) is 0 Å². The fourth-order valence-corrected chi connectivity index (χ4v) is 1.03. The number of carbonyl (C=O) groups is 1. The van der Waals surface area contributed by atoms with E-state index in [9.17, 15) is 4.79 Å². The normalized spacial score (nSPS) is 14.7. The third kappa shape index (κ3) is 2.63. The quantitative estimate of drug-likeness (QED) is 0.603. The van der Waals surface area contributed by atoms with Crippen molar-refractivity contribution in [3.63, 3.8) is 0 Å². The summed E-state index contributed by atoms with van der Waals surface area (Å²) in [6.45, 7) is 3.84. The van der Waals surface area contributed by atoms with E-state index in [1.165, 1.54) is 0 Å². The van der Waals surface area contributed by atoms with E-state index in [0.29, 0.717) is 0 Å². The van der Waals surface area contributed by atoms with E-state index in [1.807, 2.05) is 13.8 Å². The highest BCUT2D eigenvalue weighted by Gasteiger charge is 2.18. The van der Waals surface area contributed by atoms with Crippen molar-refractivity contribution in [2.45, 2.75) is 20.3 Å². The molecule has 0 rings (SSSR count). The molecular formula is C9H15NO. The van der Waals surface area contributed by atoms with Crippen LogP contribution in [0, 0.1) is 24.2 Å². The van der Waals surface area contributed by atoms with E-state index in [2.05, 4.69) is 11.2 Å². The summed E-state index contributed by atoms with van der Waals surface area (Å²) in [7, 11) is 1.63. The first-order valence-corrected chi connectivity index (χ1v) is 3.85. The minimum atomic E-state index is -0.0741. The first kappa shape index (κ1) is 10.0. The largest absolute Gasteiger partial charge is 0.359 e. The lowest BCUT2D eigenvalue weighted by Crippen LogP contribution is -2.29. The van der Waals surface area contributed by atoms with Crippen LogP contribution < -0.4 is 5.32 Å². The first-order chi connectivity index (χ1) is 5.17. The SMILES string of the molecule is C#C[C@@H](CC)C(C)C(=O)NC. The van der Waals surface area contributed by atoms with Gasteiger partial charge in [-0.3, -0.25) is 4.79 Å². The van der Waals surface area contributed by atoms with E-state index in [0.717, 1.165) is 6.42 Å². The molecule has 0 aliphatic carbocycles. The average Bonchev–Trinajstić information content (AvgIpc) is 2.05. The molecule has 0 aromatic rings. The van der Waals surface area contributed by atoms with Gasteiger partial charge in [0, 0.05) is 18.9 Å². The molecular weight excluding hydrogens is 138 g/mol. The second-order valence-corrected chi connectivity index (χ2v) is 2.58. The molecule has 0 bridgehead atoms. The molecule has 1 N–H and O–H groups in total. The van der Waals surface area contributed by atoms with E-state index < -0.39 is 0 Å². The second kappa shape index (κ2) is 4.79. The molecule has 2 heteroatoms. The Kier molecular flexibility index (Phi) is 4.36. The van der Waals surface area contributed by atoms with Gasteiger partial charge in [-0.05, 0) is 6.42 Å². The van der Waals surface area contributed by atoms with Crippen LogP contribution in [0.25, 0.3) is 0 Å². The first-order valence-electron chi connectivity index (χ1n) is 3.85. The molecule has 2 nitrogen and oxygen atoms in total. The Balaban J connectivity index is 4.11. The molecule has 11 heavy (non-hydrogen) atoms. The maximum Gasteiger partial charge on any atom is 0.223 e. The lowest BCUT2D eigenvalue weighted by Gasteiger charge is -2.14. The topological polar surface area (TPSA) is 29.1 Å². The Hall–Kier alpha value is -0.970. The van der Waals surface area contributed by atoms with Gasteiger partial charge < -0.3 is 5.32 Å². The number of nitrogens with one attached hydrogen (secondary N) is 1. The summed E-state index contributed by atoms with van der Waals surface area (Å²) in [4.78, 5) is 11.1. The van der Waals surface area contributed by atoms with Crippen molar-refractivity contribution in [3.8, 4) is 12.3 Å². The third-order valence-corrected chi connectivity index (χ3v) is 1.92. The summed E-state index contributed by atoms with van der Waals surface area (Å²) in [5, 5.41) is 2.58. The van der Waals surface area contributed by atoms with Crippen LogP contribution in [0.15, 0.2) is 0 Å². The molecule has 0 saturated carbocycles. The minimum absolute atomic E-state index is 0.0230. The highest BCUT2D eigenvalue weighted by atomic mass is 16.1. The second-order valence-electron chi connectivity index (χ2n) is 2.58. The predicted molar refractivity (Wildman–Crippen MR) is 45.8 cm³/mol. The Morgan fingerprint density at radius 2 is 2.27 bits per heavy atom. The van der Waals surface area contributed by atoms with Crippen molar-refractivity contribution in [3.05, 3.63) is 0 Å². The van der Waals surface area contributed by atoms with Crippen LogP contribution in [0.5, 0.6) is 0 Å². The molecule has 0 aromatic carbocycles. The van der Waals surface area contributed by atoms with Crippen molar-refractivity contribution in [2.75, 3.05) is 7.05 Å².